The Morgan fingerprint density at radius 1 is 1.18 bits per heavy atom. The van der Waals surface area contributed by atoms with Crippen molar-refractivity contribution < 1.29 is 14.8 Å². The van der Waals surface area contributed by atoms with Gasteiger partial charge in [0.05, 0.1) is 10.5 Å². The molecular weight excluding hydrogens is 284 g/mol. The highest BCUT2D eigenvalue weighted by Crippen LogP contribution is 2.25. The Kier molecular flexibility index (Phi) is 3.34. The Morgan fingerprint density at radius 3 is 2.55 bits per heavy atom. The number of nitro benzene ring substituents is 1. The Hall–Kier alpha value is -3.15. The minimum Gasteiger partial charge on any atom is -0.478 e. The number of non-ortho nitro benzene ring substituents is 1. The van der Waals surface area contributed by atoms with E-state index in [1.165, 1.54) is 6.07 Å². The molecule has 2 N–H and O–H groups in total. The van der Waals surface area contributed by atoms with E-state index in [1.54, 1.807) is 36.4 Å². The highest BCUT2D eigenvalue weighted by Gasteiger charge is 2.11. The first kappa shape index (κ1) is 13.8. The Balaban J connectivity index is 1.94. The van der Waals surface area contributed by atoms with Crippen molar-refractivity contribution in [1.29, 1.82) is 0 Å². The first-order valence-corrected chi connectivity index (χ1v) is 6.61. The van der Waals surface area contributed by atoms with Crippen LogP contribution in [0, 0.1) is 10.1 Å². The number of nitrogens with one attached hydrogen (secondary N) is 1. The molecule has 0 aliphatic heterocycles. The van der Waals surface area contributed by atoms with Crippen molar-refractivity contribution in [2.75, 3.05) is 0 Å². The third-order valence-electron chi connectivity index (χ3n) is 3.56. The number of rotatable bonds is 4. The fourth-order valence-electron chi connectivity index (χ4n) is 2.41. The molecule has 1 aromatic heterocycles. The quantitative estimate of drug-likeness (QED) is 0.570. The van der Waals surface area contributed by atoms with E-state index < -0.39 is 10.9 Å². The van der Waals surface area contributed by atoms with Gasteiger partial charge in [-0.3, -0.25) is 10.1 Å². The van der Waals surface area contributed by atoms with E-state index in [4.69, 9.17) is 5.11 Å². The number of aromatic nitrogens is 1. The maximum absolute atomic E-state index is 10.9. The van der Waals surface area contributed by atoms with Crippen molar-refractivity contribution in [2.45, 2.75) is 6.42 Å². The van der Waals surface area contributed by atoms with Crippen molar-refractivity contribution in [2.24, 2.45) is 0 Å². The van der Waals surface area contributed by atoms with Crippen molar-refractivity contribution in [3.05, 3.63) is 75.5 Å². The summed E-state index contributed by atoms with van der Waals surface area (Å²) in [5.74, 6) is -0.964. The maximum Gasteiger partial charge on any atom is 0.335 e. The molecule has 0 saturated heterocycles. The van der Waals surface area contributed by atoms with Crippen molar-refractivity contribution in [3.63, 3.8) is 0 Å². The molecule has 0 aliphatic rings. The summed E-state index contributed by atoms with van der Waals surface area (Å²) < 4.78 is 0. The van der Waals surface area contributed by atoms with E-state index in [2.05, 4.69) is 4.98 Å². The Bertz CT molecular complexity index is 865. The lowest BCUT2D eigenvalue weighted by Gasteiger charge is -2.02. The van der Waals surface area contributed by atoms with Crippen LogP contribution in [0.15, 0.2) is 48.7 Å². The zero-order valence-corrected chi connectivity index (χ0v) is 11.4. The van der Waals surface area contributed by atoms with Gasteiger partial charge in [0.2, 0.25) is 0 Å². The first-order chi connectivity index (χ1) is 10.5. The second-order valence-electron chi connectivity index (χ2n) is 4.98. The van der Waals surface area contributed by atoms with Gasteiger partial charge in [-0.2, -0.15) is 0 Å². The minimum absolute atomic E-state index is 0.0505. The normalized spacial score (nSPS) is 10.7. The minimum atomic E-state index is -0.964. The van der Waals surface area contributed by atoms with Gasteiger partial charge in [0, 0.05) is 29.2 Å². The highest BCUT2D eigenvalue weighted by atomic mass is 16.6. The second-order valence-corrected chi connectivity index (χ2v) is 4.98. The Morgan fingerprint density at radius 2 is 1.91 bits per heavy atom. The first-order valence-electron chi connectivity index (χ1n) is 6.61. The average molecular weight is 296 g/mol. The molecule has 1 heterocycles. The third kappa shape index (κ3) is 2.54. The van der Waals surface area contributed by atoms with Crippen LogP contribution in [0.3, 0.4) is 0 Å². The molecule has 0 amide bonds. The van der Waals surface area contributed by atoms with Crippen LogP contribution in [-0.2, 0) is 6.42 Å². The van der Waals surface area contributed by atoms with Gasteiger partial charge in [-0.25, -0.2) is 4.79 Å². The summed E-state index contributed by atoms with van der Waals surface area (Å²) in [5.41, 5.74) is 3.00. The molecule has 0 spiro atoms. The molecule has 6 heteroatoms. The molecule has 0 radical (unpaired) electrons. The van der Waals surface area contributed by atoms with Crippen LogP contribution in [0.25, 0.3) is 10.9 Å². The molecule has 6 nitrogen and oxygen atoms in total. The standard InChI is InChI=1S/C16H12N2O4/c19-16(20)11-3-1-10(2-4-11)7-12-9-17-15-6-5-13(18(21)22)8-14(12)15/h1-6,8-9,17H,7H2,(H,19,20). The predicted molar refractivity (Wildman–Crippen MR) is 81.2 cm³/mol. The summed E-state index contributed by atoms with van der Waals surface area (Å²) in [6, 6.07) is 11.3. The number of hydrogen-bond donors (Lipinski definition) is 2. The third-order valence-corrected chi connectivity index (χ3v) is 3.56. The monoisotopic (exact) mass is 296 g/mol. The van der Waals surface area contributed by atoms with Crippen LogP contribution >= 0.6 is 0 Å². The molecule has 0 atom stereocenters. The molecule has 110 valence electrons. The number of carboxylic acid groups (broad SMARTS) is 1. The second kappa shape index (κ2) is 5.33. The average Bonchev–Trinajstić information content (AvgIpc) is 2.90. The van der Waals surface area contributed by atoms with Crippen LogP contribution in [0.4, 0.5) is 5.69 Å². The van der Waals surface area contributed by atoms with Gasteiger partial charge >= 0.3 is 5.97 Å². The lowest BCUT2D eigenvalue weighted by molar-refractivity contribution is -0.384. The smallest absolute Gasteiger partial charge is 0.335 e. The number of carbonyl (C=O) groups is 1. The highest BCUT2D eigenvalue weighted by molar-refractivity contribution is 5.88. The number of H-pyrrole nitrogens is 1. The fraction of sp³-hybridized carbons (Fsp3) is 0.0625. The van der Waals surface area contributed by atoms with Gasteiger partial charge in [-0.05, 0) is 35.7 Å². The molecule has 2 aromatic carbocycles. The number of aromatic amines is 1. The SMILES string of the molecule is O=C(O)c1ccc(Cc2c[nH]c3ccc([N+](=O)[O-])cc23)cc1. The number of benzene rings is 2. The van der Waals surface area contributed by atoms with E-state index in [1.807, 2.05) is 6.20 Å². The number of hydrogen-bond acceptors (Lipinski definition) is 3. The number of nitro groups is 1. The number of nitrogens with zero attached hydrogens (tertiary/aromatic N) is 1. The summed E-state index contributed by atoms with van der Waals surface area (Å²) in [6.45, 7) is 0. The van der Waals surface area contributed by atoms with E-state index in [-0.39, 0.29) is 11.3 Å². The molecule has 0 fully saturated rings. The van der Waals surface area contributed by atoms with Gasteiger partial charge in [-0.15, -0.1) is 0 Å². The van der Waals surface area contributed by atoms with Crippen molar-refractivity contribution in [1.82, 2.24) is 4.98 Å². The number of fused-ring (bicyclic) bond motifs is 1. The summed E-state index contributed by atoms with van der Waals surface area (Å²) in [4.78, 5) is 24.4. The van der Waals surface area contributed by atoms with E-state index in [0.717, 1.165) is 22.0 Å². The molecule has 22 heavy (non-hydrogen) atoms. The van der Waals surface area contributed by atoms with E-state index in [0.29, 0.717) is 6.42 Å². The Labute approximate surface area is 125 Å². The summed E-state index contributed by atoms with van der Waals surface area (Å²) >= 11 is 0. The van der Waals surface area contributed by atoms with Crippen LogP contribution in [0.5, 0.6) is 0 Å². The van der Waals surface area contributed by atoms with Crippen LogP contribution in [-0.4, -0.2) is 21.0 Å². The zero-order valence-electron chi connectivity index (χ0n) is 11.4. The van der Waals surface area contributed by atoms with Crippen LogP contribution in [0.1, 0.15) is 21.5 Å². The molecule has 3 rings (SSSR count). The van der Waals surface area contributed by atoms with Gasteiger partial charge in [-0.1, -0.05) is 12.1 Å². The van der Waals surface area contributed by atoms with E-state index >= 15 is 0 Å². The summed E-state index contributed by atoms with van der Waals surface area (Å²) in [5, 5.41) is 20.6. The molecule has 0 bridgehead atoms. The predicted octanol–water partition coefficient (Wildman–Crippen LogP) is 3.37. The van der Waals surface area contributed by atoms with Crippen molar-refractivity contribution in [3.8, 4) is 0 Å². The fourth-order valence-corrected chi connectivity index (χ4v) is 2.41. The van der Waals surface area contributed by atoms with Crippen LogP contribution < -0.4 is 0 Å². The van der Waals surface area contributed by atoms with Gasteiger partial charge < -0.3 is 10.1 Å². The number of aromatic carboxylic acids is 1. The topological polar surface area (TPSA) is 96.2 Å². The molecule has 0 saturated carbocycles. The van der Waals surface area contributed by atoms with E-state index in [9.17, 15) is 14.9 Å². The van der Waals surface area contributed by atoms with Gasteiger partial charge in [0.1, 0.15) is 0 Å². The zero-order chi connectivity index (χ0) is 15.7. The molecular formula is C16H12N2O4. The summed E-state index contributed by atoms with van der Waals surface area (Å²) in [6.07, 6.45) is 2.39. The lowest BCUT2D eigenvalue weighted by atomic mass is 10.0. The number of carboxylic acids is 1. The maximum atomic E-state index is 10.9. The largest absolute Gasteiger partial charge is 0.478 e. The van der Waals surface area contributed by atoms with Gasteiger partial charge in [0.15, 0.2) is 0 Å². The van der Waals surface area contributed by atoms with Crippen molar-refractivity contribution >= 4 is 22.6 Å². The molecule has 0 unspecified atom stereocenters. The lowest BCUT2D eigenvalue weighted by Crippen LogP contribution is -1.96. The van der Waals surface area contributed by atoms with Crippen LogP contribution in [0.2, 0.25) is 0 Å². The summed E-state index contributed by atoms with van der Waals surface area (Å²) in [7, 11) is 0. The van der Waals surface area contributed by atoms with Gasteiger partial charge in [0.25, 0.3) is 5.69 Å². The molecule has 0 aliphatic carbocycles. The molecule has 3 aromatic rings.